The van der Waals surface area contributed by atoms with Gasteiger partial charge in [0, 0.05) is 12.6 Å². The van der Waals surface area contributed by atoms with Gasteiger partial charge in [0.2, 0.25) is 5.91 Å². The standard InChI is InChI=1S/C19H19F2N3O3S2/c1-2-3-10-24-16-6-4-5-7-17(16)29(26,27)23-19(24)28-12-18(25)22-15-11-13(20)8-9-14(15)21/h4-9,11H,2-3,10,12H2,1H3,(H,22,25). The van der Waals surface area contributed by atoms with Crippen molar-refractivity contribution < 1.29 is 22.0 Å². The van der Waals surface area contributed by atoms with Crippen LogP contribution in [0.15, 0.2) is 51.8 Å². The second kappa shape index (κ2) is 8.91. The SMILES string of the molecule is CCCCN1C(SCC(=O)Nc2cc(F)ccc2F)=NS(=O)(=O)c2ccccc21. The van der Waals surface area contributed by atoms with Gasteiger partial charge in [-0.25, -0.2) is 8.78 Å². The summed E-state index contributed by atoms with van der Waals surface area (Å²) in [5.74, 6) is -2.26. The van der Waals surface area contributed by atoms with Crippen molar-refractivity contribution in [3.05, 3.63) is 54.1 Å². The van der Waals surface area contributed by atoms with Gasteiger partial charge in [0.05, 0.1) is 17.1 Å². The second-order valence-electron chi connectivity index (χ2n) is 6.28. The fourth-order valence-corrected chi connectivity index (χ4v) is 5.03. The average Bonchev–Trinajstić information content (AvgIpc) is 2.68. The van der Waals surface area contributed by atoms with Crippen LogP contribution in [-0.2, 0) is 14.8 Å². The first kappa shape index (κ1) is 21.3. The molecule has 2 aromatic carbocycles. The summed E-state index contributed by atoms with van der Waals surface area (Å²) in [7, 11) is -3.88. The van der Waals surface area contributed by atoms with Crippen LogP contribution in [0.4, 0.5) is 20.2 Å². The molecule has 0 radical (unpaired) electrons. The molecule has 0 saturated heterocycles. The molecule has 0 aliphatic carbocycles. The van der Waals surface area contributed by atoms with Crippen LogP contribution in [0.5, 0.6) is 0 Å². The van der Waals surface area contributed by atoms with Crippen LogP contribution in [0.3, 0.4) is 0 Å². The predicted molar refractivity (Wildman–Crippen MR) is 111 cm³/mol. The number of rotatable bonds is 6. The van der Waals surface area contributed by atoms with E-state index in [0.29, 0.717) is 12.2 Å². The zero-order chi connectivity index (χ0) is 21.0. The number of nitrogens with one attached hydrogen (secondary N) is 1. The highest BCUT2D eigenvalue weighted by molar-refractivity contribution is 8.15. The molecule has 1 heterocycles. The Kier molecular flexibility index (Phi) is 6.53. The lowest BCUT2D eigenvalue weighted by Gasteiger charge is -2.30. The third kappa shape index (κ3) is 4.94. The number of fused-ring (bicyclic) bond motifs is 1. The molecule has 0 atom stereocenters. The molecular formula is C19H19F2N3O3S2. The molecule has 1 aliphatic rings. The smallest absolute Gasteiger partial charge is 0.286 e. The van der Waals surface area contributed by atoms with E-state index in [9.17, 15) is 22.0 Å². The number of amides is 1. The van der Waals surface area contributed by atoms with E-state index in [4.69, 9.17) is 0 Å². The minimum absolute atomic E-state index is 0.117. The van der Waals surface area contributed by atoms with Gasteiger partial charge in [0.25, 0.3) is 10.0 Å². The van der Waals surface area contributed by atoms with Crippen molar-refractivity contribution >= 4 is 44.2 Å². The van der Waals surface area contributed by atoms with Crippen molar-refractivity contribution in [1.82, 2.24) is 0 Å². The minimum atomic E-state index is -3.88. The summed E-state index contributed by atoms with van der Waals surface area (Å²) in [4.78, 5) is 14.1. The maximum absolute atomic E-state index is 13.7. The number of anilines is 2. The Morgan fingerprint density at radius 3 is 2.72 bits per heavy atom. The molecule has 3 rings (SSSR count). The van der Waals surface area contributed by atoms with Gasteiger partial charge >= 0.3 is 0 Å². The lowest BCUT2D eigenvalue weighted by atomic mass is 10.2. The molecular weight excluding hydrogens is 420 g/mol. The quantitative estimate of drug-likeness (QED) is 0.736. The van der Waals surface area contributed by atoms with Crippen LogP contribution in [0.1, 0.15) is 19.8 Å². The van der Waals surface area contributed by atoms with Crippen molar-refractivity contribution in [2.75, 3.05) is 22.5 Å². The van der Waals surface area contributed by atoms with E-state index < -0.39 is 27.6 Å². The average molecular weight is 440 g/mol. The van der Waals surface area contributed by atoms with Crippen molar-refractivity contribution in [3.63, 3.8) is 0 Å². The summed E-state index contributed by atoms with van der Waals surface area (Å²) >= 11 is 0.928. The van der Waals surface area contributed by atoms with Crippen molar-refractivity contribution in [3.8, 4) is 0 Å². The van der Waals surface area contributed by atoms with E-state index >= 15 is 0 Å². The number of benzene rings is 2. The van der Waals surface area contributed by atoms with Crippen molar-refractivity contribution in [2.45, 2.75) is 24.7 Å². The highest BCUT2D eigenvalue weighted by Gasteiger charge is 2.30. The molecule has 1 aliphatic heterocycles. The second-order valence-corrected chi connectivity index (χ2v) is 8.80. The van der Waals surface area contributed by atoms with Crippen molar-refractivity contribution in [2.24, 2.45) is 4.40 Å². The zero-order valence-electron chi connectivity index (χ0n) is 15.6. The highest BCUT2D eigenvalue weighted by atomic mass is 32.2. The maximum atomic E-state index is 13.7. The summed E-state index contributed by atoms with van der Waals surface area (Å²) in [5, 5.41) is 2.46. The largest absolute Gasteiger partial charge is 0.323 e. The maximum Gasteiger partial charge on any atom is 0.286 e. The Hall–Kier alpha value is -2.46. The van der Waals surface area contributed by atoms with Gasteiger partial charge in [-0.3, -0.25) is 4.79 Å². The molecule has 1 amide bonds. The number of para-hydroxylation sites is 1. The molecule has 0 saturated carbocycles. The number of hydrogen-bond donors (Lipinski definition) is 1. The molecule has 10 heteroatoms. The Morgan fingerprint density at radius 2 is 1.97 bits per heavy atom. The summed E-state index contributed by atoms with van der Waals surface area (Å²) in [6, 6.07) is 9.30. The van der Waals surface area contributed by atoms with Gasteiger partial charge in [-0.05, 0) is 30.7 Å². The number of unbranched alkanes of at least 4 members (excludes halogenated alkanes) is 1. The van der Waals surface area contributed by atoms with E-state index in [1.807, 2.05) is 6.92 Å². The molecule has 0 aromatic heterocycles. The van der Waals surface area contributed by atoms with Gasteiger partial charge in [0.1, 0.15) is 16.5 Å². The first-order valence-electron chi connectivity index (χ1n) is 8.91. The number of carbonyl (C=O) groups is 1. The summed E-state index contributed by atoms with van der Waals surface area (Å²) in [5.41, 5.74) is 0.233. The van der Waals surface area contributed by atoms with E-state index in [1.54, 1.807) is 23.1 Å². The number of halogens is 2. The third-order valence-corrected chi connectivity index (χ3v) is 6.54. The van der Waals surface area contributed by atoms with E-state index in [1.165, 1.54) is 6.07 Å². The van der Waals surface area contributed by atoms with Crippen LogP contribution in [-0.4, -0.2) is 31.8 Å². The van der Waals surface area contributed by atoms with Crippen LogP contribution in [0.2, 0.25) is 0 Å². The number of thioether (sulfide) groups is 1. The topological polar surface area (TPSA) is 78.8 Å². The molecule has 29 heavy (non-hydrogen) atoms. The molecule has 0 fully saturated rings. The molecule has 2 aromatic rings. The normalized spacial score (nSPS) is 14.9. The number of nitrogens with zero attached hydrogens (tertiary/aromatic N) is 2. The van der Waals surface area contributed by atoms with E-state index in [2.05, 4.69) is 9.71 Å². The number of amidine groups is 1. The zero-order valence-corrected chi connectivity index (χ0v) is 17.2. The first-order valence-corrected chi connectivity index (χ1v) is 11.3. The summed E-state index contributed by atoms with van der Waals surface area (Å²) in [6.07, 6.45) is 1.69. The van der Waals surface area contributed by atoms with Crippen LogP contribution in [0, 0.1) is 11.6 Å². The fourth-order valence-electron chi connectivity index (χ4n) is 2.75. The van der Waals surface area contributed by atoms with E-state index in [0.717, 1.165) is 42.8 Å². The Balaban J connectivity index is 1.78. The van der Waals surface area contributed by atoms with Gasteiger partial charge < -0.3 is 10.2 Å². The van der Waals surface area contributed by atoms with Gasteiger partial charge in [0.15, 0.2) is 5.17 Å². The molecule has 0 spiro atoms. The highest BCUT2D eigenvalue weighted by Crippen LogP contribution is 2.34. The van der Waals surface area contributed by atoms with Gasteiger partial charge in [-0.15, -0.1) is 4.40 Å². The molecule has 0 bridgehead atoms. The Bertz CT molecular complexity index is 1060. The monoisotopic (exact) mass is 439 g/mol. The lowest BCUT2D eigenvalue weighted by molar-refractivity contribution is -0.113. The lowest BCUT2D eigenvalue weighted by Crippen LogP contribution is -2.35. The predicted octanol–water partition coefficient (Wildman–Crippen LogP) is 4.00. The summed E-state index contributed by atoms with van der Waals surface area (Å²) in [6.45, 7) is 2.55. The Labute approximate surface area is 172 Å². The number of sulfonamides is 1. The van der Waals surface area contributed by atoms with Crippen LogP contribution >= 0.6 is 11.8 Å². The van der Waals surface area contributed by atoms with Gasteiger partial charge in [-0.2, -0.15) is 8.42 Å². The molecule has 6 nitrogen and oxygen atoms in total. The van der Waals surface area contributed by atoms with Crippen LogP contribution in [0.25, 0.3) is 0 Å². The third-order valence-electron chi connectivity index (χ3n) is 4.13. The molecule has 154 valence electrons. The van der Waals surface area contributed by atoms with Crippen molar-refractivity contribution in [1.29, 1.82) is 0 Å². The molecule has 1 N–H and O–H groups in total. The van der Waals surface area contributed by atoms with E-state index in [-0.39, 0.29) is 21.5 Å². The number of carbonyl (C=O) groups excluding carboxylic acids is 1. The minimum Gasteiger partial charge on any atom is -0.323 e. The summed E-state index contributed by atoms with van der Waals surface area (Å²) < 4.78 is 55.8. The fraction of sp³-hybridized carbons (Fsp3) is 0.263. The number of hydrogen-bond acceptors (Lipinski definition) is 5. The molecule has 0 unspecified atom stereocenters. The Morgan fingerprint density at radius 1 is 1.21 bits per heavy atom. The first-order chi connectivity index (χ1) is 13.8. The van der Waals surface area contributed by atoms with Gasteiger partial charge in [-0.1, -0.05) is 37.2 Å². The van der Waals surface area contributed by atoms with Crippen LogP contribution < -0.4 is 10.2 Å².